The lowest BCUT2D eigenvalue weighted by molar-refractivity contribution is -0.148. The van der Waals surface area contributed by atoms with E-state index in [2.05, 4.69) is 6.58 Å². The first-order chi connectivity index (χ1) is 15.1. The molecular weight excluding hydrogens is 400 g/mol. The number of benzene rings is 1. The van der Waals surface area contributed by atoms with Gasteiger partial charge in [-0.05, 0) is 56.0 Å². The molecular formula is C24H32O7. The van der Waals surface area contributed by atoms with Crippen LogP contribution in [0.25, 0.3) is 0 Å². The van der Waals surface area contributed by atoms with Gasteiger partial charge < -0.3 is 24.1 Å². The molecule has 31 heavy (non-hydrogen) atoms. The van der Waals surface area contributed by atoms with Crippen molar-refractivity contribution in [1.82, 2.24) is 0 Å². The van der Waals surface area contributed by atoms with E-state index in [0.717, 1.165) is 0 Å². The van der Waals surface area contributed by atoms with E-state index in [1.165, 1.54) is 0 Å². The summed E-state index contributed by atoms with van der Waals surface area (Å²) >= 11 is 0. The molecule has 1 saturated carbocycles. The van der Waals surface area contributed by atoms with Crippen molar-refractivity contribution in [2.24, 2.45) is 11.8 Å². The van der Waals surface area contributed by atoms with E-state index in [4.69, 9.17) is 24.1 Å². The fourth-order valence-corrected chi connectivity index (χ4v) is 3.32. The maximum absolute atomic E-state index is 12.5. The molecule has 0 bridgehead atoms. The maximum atomic E-state index is 12.5. The van der Waals surface area contributed by atoms with Crippen molar-refractivity contribution in [1.29, 1.82) is 0 Å². The van der Waals surface area contributed by atoms with Crippen molar-refractivity contribution < 1.29 is 33.6 Å². The third-order valence-electron chi connectivity index (χ3n) is 5.05. The van der Waals surface area contributed by atoms with Gasteiger partial charge in [-0.2, -0.15) is 0 Å². The van der Waals surface area contributed by atoms with E-state index in [1.807, 2.05) is 6.92 Å². The van der Waals surface area contributed by atoms with E-state index in [-0.39, 0.29) is 37.0 Å². The van der Waals surface area contributed by atoms with Gasteiger partial charge in [0.1, 0.15) is 23.9 Å². The Morgan fingerprint density at radius 2 is 1.61 bits per heavy atom. The zero-order chi connectivity index (χ0) is 22.5. The smallest absolute Gasteiger partial charge is 0.314 e. The third-order valence-corrected chi connectivity index (χ3v) is 5.05. The van der Waals surface area contributed by atoms with Crippen molar-refractivity contribution in [3.8, 4) is 11.5 Å². The summed E-state index contributed by atoms with van der Waals surface area (Å²) in [5.41, 5.74) is 0. The highest BCUT2D eigenvalue weighted by molar-refractivity contribution is 5.77. The Balaban J connectivity index is 1.74. The number of aliphatic hydroxyl groups is 1. The van der Waals surface area contributed by atoms with E-state index in [1.54, 1.807) is 36.4 Å². The van der Waals surface area contributed by atoms with Crippen molar-refractivity contribution in [2.75, 3.05) is 26.4 Å². The summed E-state index contributed by atoms with van der Waals surface area (Å²) in [5.74, 6) is 0.769. The minimum absolute atomic E-state index is 0.0152. The zero-order valence-corrected chi connectivity index (χ0v) is 18.1. The summed E-state index contributed by atoms with van der Waals surface area (Å²) in [6.07, 6.45) is 6.33. The zero-order valence-electron chi connectivity index (χ0n) is 18.1. The van der Waals surface area contributed by atoms with E-state index in [9.17, 15) is 9.59 Å². The molecule has 1 aromatic rings. The summed E-state index contributed by atoms with van der Waals surface area (Å²) in [4.78, 5) is 24.8. The number of hydrogen-bond acceptors (Lipinski definition) is 7. The van der Waals surface area contributed by atoms with Crippen LogP contribution in [-0.4, -0.2) is 43.5 Å². The summed E-state index contributed by atoms with van der Waals surface area (Å²) in [6, 6.07) is 6.82. The predicted molar refractivity (Wildman–Crippen MR) is 116 cm³/mol. The van der Waals surface area contributed by atoms with Crippen LogP contribution in [0.15, 0.2) is 48.8 Å². The number of hydrogen-bond donors (Lipinski definition) is 1. The Kier molecular flexibility index (Phi) is 10.8. The average molecular weight is 433 g/mol. The second-order valence-electron chi connectivity index (χ2n) is 7.27. The first kappa shape index (κ1) is 24.6. The first-order valence-electron chi connectivity index (χ1n) is 10.7. The fraction of sp³-hybridized carbons (Fsp3) is 0.500. The molecule has 1 fully saturated rings. The monoisotopic (exact) mass is 432 g/mol. The van der Waals surface area contributed by atoms with Gasteiger partial charge in [-0.1, -0.05) is 19.6 Å². The molecule has 0 unspecified atom stereocenters. The van der Waals surface area contributed by atoms with Crippen LogP contribution in [0.3, 0.4) is 0 Å². The van der Waals surface area contributed by atoms with Gasteiger partial charge in [-0.25, -0.2) is 0 Å². The molecule has 1 N–H and O–H groups in total. The normalized spacial score (nSPS) is 18.8. The molecule has 170 valence electrons. The van der Waals surface area contributed by atoms with Gasteiger partial charge in [0.25, 0.3) is 0 Å². The van der Waals surface area contributed by atoms with Gasteiger partial charge in [-0.15, -0.1) is 0 Å². The molecule has 1 aliphatic carbocycles. The van der Waals surface area contributed by atoms with Crippen LogP contribution in [0, 0.1) is 11.8 Å². The SMILES string of the molecule is C=C/C=C(\CC)OC(=O)C1CCC(C(=O)Oc2ccc(OCCOCCO)cc2)CC1. The number of ether oxygens (including phenoxy) is 4. The summed E-state index contributed by atoms with van der Waals surface area (Å²) in [7, 11) is 0. The van der Waals surface area contributed by atoms with Crippen LogP contribution < -0.4 is 9.47 Å². The Morgan fingerprint density at radius 3 is 2.19 bits per heavy atom. The predicted octanol–water partition coefficient (Wildman–Crippen LogP) is 3.81. The first-order valence-corrected chi connectivity index (χ1v) is 10.7. The van der Waals surface area contributed by atoms with Crippen molar-refractivity contribution in [2.45, 2.75) is 39.0 Å². The molecule has 0 aliphatic heterocycles. The van der Waals surface area contributed by atoms with Crippen LogP contribution in [0.2, 0.25) is 0 Å². The lowest BCUT2D eigenvalue weighted by Crippen LogP contribution is -2.29. The second-order valence-corrected chi connectivity index (χ2v) is 7.27. The number of carbonyl (C=O) groups is 2. The van der Waals surface area contributed by atoms with E-state index >= 15 is 0 Å². The highest BCUT2D eigenvalue weighted by Gasteiger charge is 2.32. The lowest BCUT2D eigenvalue weighted by Gasteiger charge is -2.26. The van der Waals surface area contributed by atoms with Gasteiger partial charge in [0.05, 0.1) is 31.7 Å². The van der Waals surface area contributed by atoms with Gasteiger partial charge >= 0.3 is 11.9 Å². The van der Waals surface area contributed by atoms with Crippen LogP contribution in [0.5, 0.6) is 11.5 Å². The Hall–Kier alpha value is -2.64. The molecule has 0 aromatic heterocycles. The molecule has 0 amide bonds. The molecule has 0 spiro atoms. The molecule has 2 rings (SSSR count). The molecule has 0 heterocycles. The average Bonchev–Trinajstić information content (AvgIpc) is 2.79. The van der Waals surface area contributed by atoms with Crippen LogP contribution >= 0.6 is 0 Å². The number of carbonyl (C=O) groups excluding carboxylic acids is 2. The Bertz CT molecular complexity index is 731. The van der Waals surface area contributed by atoms with Crippen molar-refractivity contribution >= 4 is 11.9 Å². The van der Waals surface area contributed by atoms with Crippen LogP contribution in [0.4, 0.5) is 0 Å². The summed E-state index contributed by atoms with van der Waals surface area (Å²) in [6.45, 7) is 6.57. The highest BCUT2D eigenvalue weighted by atomic mass is 16.5. The van der Waals surface area contributed by atoms with E-state index in [0.29, 0.717) is 62.6 Å². The van der Waals surface area contributed by atoms with Gasteiger partial charge in [0.2, 0.25) is 0 Å². The molecule has 1 aliphatic rings. The molecule has 0 saturated heterocycles. The van der Waals surface area contributed by atoms with Crippen molar-refractivity contribution in [3.05, 3.63) is 48.8 Å². The molecule has 7 nitrogen and oxygen atoms in total. The Morgan fingerprint density at radius 1 is 1.00 bits per heavy atom. The maximum Gasteiger partial charge on any atom is 0.314 e. The number of allylic oxidation sites excluding steroid dienone is 3. The lowest BCUT2D eigenvalue weighted by atomic mass is 9.82. The number of aliphatic hydroxyl groups excluding tert-OH is 1. The van der Waals surface area contributed by atoms with Gasteiger partial charge in [0, 0.05) is 6.42 Å². The topological polar surface area (TPSA) is 91.3 Å². The minimum Gasteiger partial charge on any atom is -0.491 e. The van der Waals surface area contributed by atoms with Gasteiger partial charge in [0.15, 0.2) is 0 Å². The second kappa shape index (κ2) is 13.6. The summed E-state index contributed by atoms with van der Waals surface area (Å²) < 4.78 is 21.6. The number of rotatable bonds is 12. The fourth-order valence-electron chi connectivity index (χ4n) is 3.32. The molecule has 0 atom stereocenters. The minimum atomic E-state index is -0.279. The largest absolute Gasteiger partial charge is 0.491 e. The third kappa shape index (κ3) is 8.55. The number of esters is 2. The summed E-state index contributed by atoms with van der Waals surface area (Å²) in [5, 5.41) is 8.64. The quantitative estimate of drug-likeness (QED) is 0.177. The molecule has 0 radical (unpaired) electrons. The standard InChI is InChI=1S/C24H32O7/c1-3-5-20(4-2)30-23(26)18-6-8-19(9-7-18)24(27)31-22-12-10-21(11-13-22)29-17-16-28-15-14-25/h3,5,10-13,18-19,25H,1,4,6-9,14-17H2,2H3/b20-5+. The molecule has 7 heteroatoms. The highest BCUT2D eigenvalue weighted by Crippen LogP contribution is 2.31. The van der Waals surface area contributed by atoms with Crippen LogP contribution in [0.1, 0.15) is 39.0 Å². The molecule has 1 aromatic carbocycles. The van der Waals surface area contributed by atoms with Gasteiger partial charge in [-0.3, -0.25) is 9.59 Å². The van der Waals surface area contributed by atoms with Crippen LogP contribution in [-0.2, 0) is 19.1 Å². The van der Waals surface area contributed by atoms with E-state index < -0.39 is 0 Å². The van der Waals surface area contributed by atoms with Crippen molar-refractivity contribution in [3.63, 3.8) is 0 Å². The Labute approximate surface area is 183 Å².